The molecule has 1 aromatic carbocycles. The van der Waals surface area contributed by atoms with Crippen LogP contribution in [0.25, 0.3) is 0 Å². The molecule has 1 fully saturated rings. The molecular weight excluding hydrogens is 228 g/mol. The zero-order valence-corrected chi connectivity index (χ0v) is 9.77. The molecule has 18 heavy (non-hydrogen) atoms. The number of anilines is 2. The molecule has 1 aromatic rings. The molecule has 1 aliphatic carbocycles. The highest BCUT2D eigenvalue weighted by Crippen LogP contribution is 2.29. The summed E-state index contributed by atoms with van der Waals surface area (Å²) in [6, 6.07) is 9.88. The Morgan fingerprint density at radius 2 is 2.06 bits per heavy atom. The molecule has 1 aliphatic rings. The van der Waals surface area contributed by atoms with Crippen LogP contribution in [0.15, 0.2) is 29.4 Å². The molecule has 1 saturated carbocycles. The standard InChI is InChI=1S/C12H14N6/c13-7-11(12(14)15)18-17-10-4-2-1-3-9(10)16-8-5-6-8/h1-4,8,16-17H,5-6H2,(H3,14,15)/b18-11+. The van der Waals surface area contributed by atoms with Crippen LogP contribution in [0.2, 0.25) is 0 Å². The molecule has 6 heteroatoms. The van der Waals surface area contributed by atoms with Gasteiger partial charge in [0.05, 0.1) is 11.4 Å². The quantitative estimate of drug-likeness (QED) is 0.356. The van der Waals surface area contributed by atoms with Gasteiger partial charge in [-0.05, 0) is 25.0 Å². The van der Waals surface area contributed by atoms with Gasteiger partial charge in [0.15, 0.2) is 5.84 Å². The molecule has 0 heterocycles. The van der Waals surface area contributed by atoms with E-state index in [2.05, 4.69) is 15.8 Å². The summed E-state index contributed by atoms with van der Waals surface area (Å²) in [5, 5.41) is 23.1. The van der Waals surface area contributed by atoms with Gasteiger partial charge in [0.1, 0.15) is 6.07 Å². The van der Waals surface area contributed by atoms with Crippen molar-refractivity contribution in [2.45, 2.75) is 18.9 Å². The van der Waals surface area contributed by atoms with E-state index in [1.807, 2.05) is 24.3 Å². The Morgan fingerprint density at radius 1 is 1.39 bits per heavy atom. The van der Waals surface area contributed by atoms with E-state index >= 15 is 0 Å². The van der Waals surface area contributed by atoms with Gasteiger partial charge in [-0.2, -0.15) is 10.4 Å². The summed E-state index contributed by atoms with van der Waals surface area (Å²) in [4.78, 5) is 0. The molecule has 0 amide bonds. The van der Waals surface area contributed by atoms with E-state index in [1.165, 1.54) is 12.8 Å². The predicted molar refractivity (Wildman–Crippen MR) is 71.7 cm³/mol. The van der Waals surface area contributed by atoms with Gasteiger partial charge < -0.3 is 11.1 Å². The smallest absolute Gasteiger partial charge is 0.201 e. The van der Waals surface area contributed by atoms with Crippen molar-refractivity contribution in [2.75, 3.05) is 10.7 Å². The molecule has 0 aliphatic heterocycles. The van der Waals surface area contributed by atoms with Crippen molar-refractivity contribution in [3.63, 3.8) is 0 Å². The Balaban J connectivity index is 2.13. The van der Waals surface area contributed by atoms with E-state index in [9.17, 15) is 0 Å². The molecule has 0 atom stereocenters. The van der Waals surface area contributed by atoms with Gasteiger partial charge in [-0.25, -0.2) is 0 Å². The third-order valence-corrected chi connectivity index (χ3v) is 2.51. The number of nitrogens with two attached hydrogens (primary N) is 1. The second-order valence-electron chi connectivity index (χ2n) is 4.06. The minimum absolute atomic E-state index is 0.128. The Morgan fingerprint density at radius 3 is 2.61 bits per heavy atom. The number of nitrogens with one attached hydrogen (secondary N) is 3. The van der Waals surface area contributed by atoms with Gasteiger partial charge in [0.25, 0.3) is 0 Å². The SMILES string of the molecule is N#C/C(=N\Nc1ccccc1NC1CC1)C(=N)N. The van der Waals surface area contributed by atoms with Crippen LogP contribution in [0.5, 0.6) is 0 Å². The highest BCUT2D eigenvalue weighted by molar-refractivity contribution is 6.45. The fourth-order valence-electron chi connectivity index (χ4n) is 1.42. The van der Waals surface area contributed by atoms with Crippen LogP contribution in [-0.2, 0) is 0 Å². The van der Waals surface area contributed by atoms with Gasteiger partial charge in [-0.15, -0.1) is 0 Å². The van der Waals surface area contributed by atoms with Gasteiger partial charge in [-0.1, -0.05) is 12.1 Å². The number of nitriles is 1. The third kappa shape index (κ3) is 2.98. The fraction of sp³-hybridized carbons (Fsp3) is 0.250. The van der Waals surface area contributed by atoms with Crippen LogP contribution < -0.4 is 16.5 Å². The van der Waals surface area contributed by atoms with Crippen LogP contribution in [0.1, 0.15) is 12.8 Å². The zero-order chi connectivity index (χ0) is 13.0. The lowest BCUT2D eigenvalue weighted by Gasteiger charge is -2.10. The van der Waals surface area contributed by atoms with Crippen molar-refractivity contribution in [3.05, 3.63) is 24.3 Å². The third-order valence-electron chi connectivity index (χ3n) is 2.51. The molecule has 0 radical (unpaired) electrons. The molecule has 2 rings (SSSR count). The zero-order valence-electron chi connectivity index (χ0n) is 9.77. The number of para-hydroxylation sites is 2. The number of hydrazone groups is 1. The first-order valence-electron chi connectivity index (χ1n) is 5.64. The number of nitrogens with zero attached hydrogens (tertiary/aromatic N) is 2. The van der Waals surface area contributed by atoms with Crippen molar-refractivity contribution in [1.82, 2.24) is 0 Å². The summed E-state index contributed by atoms with van der Waals surface area (Å²) in [5.41, 5.74) is 9.54. The average Bonchev–Trinajstić information content (AvgIpc) is 3.15. The molecule has 5 N–H and O–H groups in total. The largest absolute Gasteiger partial charge is 0.382 e. The lowest BCUT2D eigenvalue weighted by atomic mass is 10.2. The molecule has 6 nitrogen and oxygen atoms in total. The first-order chi connectivity index (χ1) is 8.70. The summed E-state index contributed by atoms with van der Waals surface area (Å²) in [6.45, 7) is 0. The van der Waals surface area contributed by atoms with Crippen molar-refractivity contribution in [2.24, 2.45) is 10.8 Å². The van der Waals surface area contributed by atoms with E-state index < -0.39 is 0 Å². The molecule has 0 bridgehead atoms. The van der Waals surface area contributed by atoms with E-state index in [1.54, 1.807) is 6.07 Å². The molecule has 0 unspecified atom stereocenters. The van der Waals surface area contributed by atoms with Crippen LogP contribution in [0.4, 0.5) is 11.4 Å². The number of amidine groups is 1. The monoisotopic (exact) mass is 242 g/mol. The van der Waals surface area contributed by atoms with E-state index in [-0.39, 0.29) is 11.5 Å². The Kier molecular flexibility index (Phi) is 3.44. The average molecular weight is 242 g/mol. The first-order valence-corrected chi connectivity index (χ1v) is 5.64. The van der Waals surface area contributed by atoms with Crippen molar-refractivity contribution < 1.29 is 0 Å². The van der Waals surface area contributed by atoms with Gasteiger partial charge in [0, 0.05) is 6.04 Å². The van der Waals surface area contributed by atoms with Gasteiger partial charge in [-0.3, -0.25) is 10.8 Å². The van der Waals surface area contributed by atoms with Crippen LogP contribution in [-0.4, -0.2) is 17.6 Å². The topological polar surface area (TPSA) is 110 Å². The van der Waals surface area contributed by atoms with Crippen LogP contribution >= 0.6 is 0 Å². The van der Waals surface area contributed by atoms with Crippen molar-refractivity contribution in [3.8, 4) is 6.07 Å². The minimum atomic E-state index is -0.349. The lowest BCUT2D eigenvalue weighted by Crippen LogP contribution is -2.22. The van der Waals surface area contributed by atoms with E-state index in [0.29, 0.717) is 6.04 Å². The van der Waals surface area contributed by atoms with Gasteiger partial charge in [0.2, 0.25) is 5.71 Å². The van der Waals surface area contributed by atoms with Gasteiger partial charge >= 0.3 is 0 Å². The number of rotatable bonds is 5. The highest BCUT2D eigenvalue weighted by atomic mass is 15.3. The van der Waals surface area contributed by atoms with Crippen molar-refractivity contribution in [1.29, 1.82) is 10.7 Å². The van der Waals surface area contributed by atoms with Crippen molar-refractivity contribution >= 4 is 22.9 Å². The second kappa shape index (κ2) is 5.19. The second-order valence-corrected chi connectivity index (χ2v) is 4.06. The fourth-order valence-corrected chi connectivity index (χ4v) is 1.42. The first kappa shape index (κ1) is 11.9. The molecule has 0 aromatic heterocycles. The lowest BCUT2D eigenvalue weighted by molar-refractivity contribution is 1.15. The number of hydrogen-bond acceptors (Lipinski definition) is 5. The Bertz CT molecular complexity index is 524. The Labute approximate surface area is 105 Å². The normalized spacial score (nSPS) is 14.7. The molecule has 0 spiro atoms. The minimum Gasteiger partial charge on any atom is -0.382 e. The number of benzene rings is 1. The molecule has 0 saturated heterocycles. The summed E-state index contributed by atoms with van der Waals surface area (Å²) >= 11 is 0. The van der Waals surface area contributed by atoms with Crippen LogP contribution in [0, 0.1) is 16.7 Å². The highest BCUT2D eigenvalue weighted by Gasteiger charge is 2.21. The summed E-state index contributed by atoms with van der Waals surface area (Å²) in [5.74, 6) is -0.349. The maximum absolute atomic E-state index is 8.74. The maximum Gasteiger partial charge on any atom is 0.201 e. The van der Waals surface area contributed by atoms with Crippen LogP contribution in [0.3, 0.4) is 0 Å². The number of hydrogen-bond donors (Lipinski definition) is 4. The maximum atomic E-state index is 8.74. The summed E-state index contributed by atoms with van der Waals surface area (Å²) < 4.78 is 0. The predicted octanol–water partition coefficient (Wildman–Crippen LogP) is 1.49. The van der Waals surface area contributed by atoms with E-state index in [4.69, 9.17) is 16.4 Å². The summed E-state index contributed by atoms with van der Waals surface area (Å²) in [6.07, 6.45) is 2.35. The molecular formula is C12H14N6. The van der Waals surface area contributed by atoms with E-state index in [0.717, 1.165) is 11.4 Å². The Hall–Kier alpha value is -2.55. The summed E-state index contributed by atoms with van der Waals surface area (Å²) in [7, 11) is 0. The molecule has 92 valence electrons.